The lowest BCUT2D eigenvalue weighted by atomic mass is 10.1. The highest BCUT2D eigenvalue weighted by molar-refractivity contribution is 7.99. The summed E-state index contributed by atoms with van der Waals surface area (Å²) in [6.45, 7) is 0.158. The van der Waals surface area contributed by atoms with Crippen molar-refractivity contribution in [3.05, 3.63) is 66.0 Å². The van der Waals surface area contributed by atoms with Crippen molar-refractivity contribution in [3.63, 3.8) is 0 Å². The average Bonchev–Trinajstić information content (AvgIpc) is 3.26. The Kier molecular flexibility index (Phi) is 6.37. The van der Waals surface area contributed by atoms with E-state index < -0.39 is 11.7 Å². The lowest BCUT2D eigenvalue weighted by Gasteiger charge is -2.20. The predicted molar refractivity (Wildman–Crippen MR) is 127 cm³/mol. The van der Waals surface area contributed by atoms with E-state index in [1.54, 1.807) is 31.5 Å². The highest BCUT2D eigenvalue weighted by atomic mass is 32.2. The normalized spacial score (nSPS) is 11.6. The van der Waals surface area contributed by atoms with E-state index in [0.717, 1.165) is 17.3 Å². The Labute approximate surface area is 193 Å². The third-order valence-electron chi connectivity index (χ3n) is 5.26. The minimum atomic E-state index is -4.57. The van der Waals surface area contributed by atoms with E-state index in [9.17, 15) is 13.2 Å². The van der Waals surface area contributed by atoms with Crippen molar-refractivity contribution in [2.24, 2.45) is 0 Å². The molecule has 0 saturated carbocycles. The number of fused-ring (bicyclic) bond motifs is 1. The lowest BCUT2D eigenvalue weighted by molar-refractivity contribution is -0.137. The quantitative estimate of drug-likeness (QED) is 0.322. The van der Waals surface area contributed by atoms with Crippen molar-refractivity contribution >= 4 is 34.5 Å². The minimum Gasteiger partial charge on any atom is -0.496 e. The van der Waals surface area contributed by atoms with Gasteiger partial charge < -0.3 is 19.3 Å². The second kappa shape index (κ2) is 9.22. The maximum atomic E-state index is 13.9. The molecule has 0 aliphatic carbocycles. The number of pyridine rings is 2. The van der Waals surface area contributed by atoms with Gasteiger partial charge in [0.2, 0.25) is 0 Å². The number of nitrogens with one attached hydrogen (secondary N) is 2. The Hall–Kier alpha value is -3.40. The van der Waals surface area contributed by atoms with Crippen molar-refractivity contribution in [2.45, 2.75) is 12.7 Å². The monoisotopic (exact) mass is 473 g/mol. The van der Waals surface area contributed by atoms with Crippen LogP contribution in [-0.2, 0) is 12.7 Å². The highest BCUT2D eigenvalue weighted by Gasteiger charge is 2.35. The third kappa shape index (κ3) is 4.56. The number of rotatable bonds is 7. The van der Waals surface area contributed by atoms with Gasteiger partial charge in [-0.25, -0.2) is 9.97 Å². The van der Waals surface area contributed by atoms with Crippen LogP contribution < -0.4 is 14.4 Å². The van der Waals surface area contributed by atoms with E-state index >= 15 is 0 Å². The molecule has 0 radical (unpaired) electrons. The molecule has 4 rings (SSSR count). The number of benzene rings is 1. The molecule has 33 heavy (non-hydrogen) atoms. The average molecular weight is 474 g/mol. The Morgan fingerprint density at radius 2 is 1.94 bits per heavy atom. The Bertz CT molecular complexity index is 1270. The molecule has 0 aliphatic heterocycles. The molecule has 2 N–H and O–H groups in total. The molecule has 1 aromatic carbocycles. The molecule has 0 atom stereocenters. The number of ether oxygens (including phenoxy) is 1. The SMILES string of the molecule is COc1ccccc1-c1cc2c(NCc3cccnc3N(C)SC)c(C(F)(F)F)cnc2[nH]1. The zero-order valence-corrected chi connectivity index (χ0v) is 19.0. The summed E-state index contributed by atoms with van der Waals surface area (Å²) in [5, 5.41) is 3.35. The topological polar surface area (TPSA) is 66.1 Å². The van der Waals surface area contributed by atoms with E-state index in [1.807, 2.05) is 41.9 Å². The number of alkyl halides is 3. The summed E-state index contributed by atoms with van der Waals surface area (Å²) < 4.78 is 48.9. The molecule has 0 spiro atoms. The fourth-order valence-electron chi connectivity index (χ4n) is 3.61. The number of methoxy groups -OCH3 is 1. The van der Waals surface area contributed by atoms with Crippen molar-refractivity contribution in [2.75, 3.05) is 30.0 Å². The van der Waals surface area contributed by atoms with Crippen molar-refractivity contribution in [1.82, 2.24) is 15.0 Å². The number of aromatic amines is 1. The number of hydrogen-bond acceptors (Lipinski definition) is 6. The first-order valence-electron chi connectivity index (χ1n) is 10.0. The van der Waals surface area contributed by atoms with Gasteiger partial charge in [-0.15, -0.1) is 0 Å². The van der Waals surface area contributed by atoms with Crippen LogP contribution in [0.3, 0.4) is 0 Å². The Morgan fingerprint density at radius 3 is 2.67 bits per heavy atom. The largest absolute Gasteiger partial charge is 0.496 e. The molecule has 0 unspecified atom stereocenters. The molecule has 0 fully saturated rings. The van der Waals surface area contributed by atoms with Gasteiger partial charge in [-0.3, -0.25) is 0 Å². The zero-order valence-electron chi connectivity index (χ0n) is 18.2. The smallest absolute Gasteiger partial charge is 0.419 e. The van der Waals surface area contributed by atoms with Gasteiger partial charge in [-0.2, -0.15) is 13.2 Å². The van der Waals surface area contributed by atoms with Crippen molar-refractivity contribution in [3.8, 4) is 17.0 Å². The number of anilines is 2. The summed E-state index contributed by atoms with van der Waals surface area (Å²) in [6, 6.07) is 12.6. The number of para-hydroxylation sites is 1. The zero-order chi connectivity index (χ0) is 23.6. The Balaban J connectivity index is 1.80. The molecule has 0 bridgehead atoms. The van der Waals surface area contributed by atoms with Gasteiger partial charge in [0.05, 0.1) is 24.1 Å². The summed E-state index contributed by atoms with van der Waals surface area (Å²) >= 11 is 1.46. The first-order valence-corrected chi connectivity index (χ1v) is 11.2. The predicted octanol–water partition coefficient (Wildman–Crippen LogP) is 5.98. The molecule has 0 saturated heterocycles. The first kappa shape index (κ1) is 22.8. The molecule has 10 heteroatoms. The summed E-state index contributed by atoms with van der Waals surface area (Å²) in [5.41, 5.74) is 1.60. The number of halogens is 3. The van der Waals surface area contributed by atoms with Crippen LogP contribution in [0.2, 0.25) is 0 Å². The molecule has 3 aromatic heterocycles. The van der Waals surface area contributed by atoms with Crippen LogP contribution in [0.25, 0.3) is 22.3 Å². The summed E-state index contributed by atoms with van der Waals surface area (Å²) in [5.74, 6) is 1.29. The van der Waals surface area contributed by atoms with Crippen LogP contribution in [-0.4, -0.2) is 35.4 Å². The number of nitrogens with zero attached hydrogens (tertiary/aromatic N) is 3. The van der Waals surface area contributed by atoms with Crippen LogP contribution in [0, 0.1) is 0 Å². The van der Waals surface area contributed by atoms with Crippen LogP contribution in [0.4, 0.5) is 24.7 Å². The van der Waals surface area contributed by atoms with E-state index in [-0.39, 0.29) is 12.2 Å². The second-order valence-corrected chi connectivity index (χ2v) is 8.12. The number of aromatic nitrogens is 3. The standard InChI is InChI=1S/C23H22F3N5OS/c1-31(33-3)22-14(7-6-10-27-22)12-28-20-16-11-18(15-8-4-5-9-19(15)32-2)30-21(16)29-13-17(20)23(24,25)26/h4-11,13H,12H2,1-3H3,(H2,28,29,30). The Morgan fingerprint density at radius 1 is 1.15 bits per heavy atom. The maximum Gasteiger partial charge on any atom is 0.419 e. The molecular weight excluding hydrogens is 451 g/mol. The maximum absolute atomic E-state index is 13.9. The van der Waals surface area contributed by atoms with Gasteiger partial charge in [0, 0.05) is 48.8 Å². The van der Waals surface area contributed by atoms with Gasteiger partial charge in [-0.05, 0) is 24.3 Å². The second-order valence-electron chi connectivity index (χ2n) is 7.21. The van der Waals surface area contributed by atoms with E-state index in [2.05, 4.69) is 20.3 Å². The summed E-state index contributed by atoms with van der Waals surface area (Å²) in [6.07, 6.45) is -0.160. The van der Waals surface area contributed by atoms with Crippen LogP contribution in [0.15, 0.2) is 54.9 Å². The minimum absolute atomic E-state index is 0.0356. The van der Waals surface area contributed by atoms with Crippen molar-refractivity contribution < 1.29 is 17.9 Å². The van der Waals surface area contributed by atoms with E-state index in [4.69, 9.17) is 4.74 Å². The molecule has 172 valence electrons. The van der Waals surface area contributed by atoms with E-state index in [1.165, 1.54) is 11.9 Å². The molecule has 0 aliphatic rings. The van der Waals surface area contributed by atoms with Crippen LogP contribution in [0.1, 0.15) is 11.1 Å². The number of hydrogen-bond donors (Lipinski definition) is 2. The van der Waals surface area contributed by atoms with Gasteiger partial charge >= 0.3 is 6.18 Å². The molecule has 3 heterocycles. The van der Waals surface area contributed by atoms with Gasteiger partial charge in [0.15, 0.2) is 0 Å². The lowest BCUT2D eigenvalue weighted by Crippen LogP contribution is -2.14. The van der Waals surface area contributed by atoms with E-state index in [0.29, 0.717) is 28.3 Å². The van der Waals surface area contributed by atoms with Gasteiger partial charge in [0.1, 0.15) is 17.2 Å². The summed E-state index contributed by atoms with van der Waals surface area (Å²) in [4.78, 5) is 11.5. The number of H-pyrrole nitrogens is 1. The molecule has 0 amide bonds. The molecule has 4 aromatic rings. The highest BCUT2D eigenvalue weighted by Crippen LogP contribution is 2.40. The fourth-order valence-corrected chi connectivity index (χ4v) is 3.95. The van der Waals surface area contributed by atoms with Gasteiger partial charge in [0.25, 0.3) is 0 Å². The first-order chi connectivity index (χ1) is 15.8. The third-order valence-corrected chi connectivity index (χ3v) is 5.98. The summed E-state index contributed by atoms with van der Waals surface area (Å²) in [7, 11) is 3.40. The molecule has 6 nitrogen and oxygen atoms in total. The molecular formula is C23H22F3N5OS. The van der Waals surface area contributed by atoms with Gasteiger partial charge in [-0.1, -0.05) is 30.1 Å². The van der Waals surface area contributed by atoms with Crippen LogP contribution in [0.5, 0.6) is 5.75 Å². The van der Waals surface area contributed by atoms with Crippen molar-refractivity contribution in [1.29, 1.82) is 0 Å². The van der Waals surface area contributed by atoms with Crippen LogP contribution >= 0.6 is 11.9 Å². The fraction of sp³-hybridized carbons (Fsp3) is 0.217.